The van der Waals surface area contributed by atoms with E-state index in [-0.39, 0.29) is 5.91 Å². The van der Waals surface area contributed by atoms with Crippen LogP contribution in [0.3, 0.4) is 0 Å². The second-order valence-electron chi connectivity index (χ2n) is 5.69. The number of aryl methyl sites for hydroxylation is 1. The summed E-state index contributed by atoms with van der Waals surface area (Å²) in [5.74, 6) is -0.539. The van der Waals surface area contributed by atoms with E-state index >= 15 is 0 Å². The van der Waals surface area contributed by atoms with Gasteiger partial charge in [-0.3, -0.25) is 14.9 Å². The standard InChI is InChI=1S/C17H17N3O3S/c1-3-10-8-9-24-13(10)14(21)18-12-6-4-11(5-7-12)17(2)15(22)19-16(23)20-17/h4-9H,3H2,1-2H3,(H,18,21)(H2,19,20,22,23)/t17-/m0/s1. The van der Waals surface area contributed by atoms with Crippen LogP contribution in [-0.4, -0.2) is 17.8 Å². The third-order valence-electron chi connectivity index (χ3n) is 4.10. The number of imide groups is 1. The Morgan fingerprint density at radius 2 is 1.92 bits per heavy atom. The van der Waals surface area contributed by atoms with Crippen LogP contribution in [0.15, 0.2) is 35.7 Å². The SMILES string of the molecule is CCc1ccsc1C(=O)Nc1ccc([C@]2(C)NC(=O)NC2=O)cc1. The third-order valence-corrected chi connectivity index (χ3v) is 5.05. The fourth-order valence-corrected chi connectivity index (χ4v) is 3.52. The maximum absolute atomic E-state index is 12.3. The van der Waals surface area contributed by atoms with Gasteiger partial charge in [-0.2, -0.15) is 0 Å². The van der Waals surface area contributed by atoms with Gasteiger partial charge in [-0.05, 0) is 48.1 Å². The molecule has 3 rings (SSSR count). The van der Waals surface area contributed by atoms with Gasteiger partial charge in [0.2, 0.25) is 0 Å². The van der Waals surface area contributed by atoms with Crippen molar-refractivity contribution in [3.8, 4) is 0 Å². The fraction of sp³-hybridized carbons (Fsp3) is 0.235. The molecule has 1 atom stereocenters. The molecule has 3 N–H and O–H groups in total. The van der Waals surface area contributed by atoms with Gasteiger partial charge in [0.15, 0.2) is 0 Å². The molecule has 4 amide bonds. The van der Waals surface area contributed by atoms with Crippen LogP contribution < -0.4 is 16.0 Å². The van der Waals surface area contributed by atoms with E-state index in [1.165, 1.54) is 11.3 Å². The first-order valence-electron chi connectivity index (χ1n) is 7.56. The maximum Gasteiger partial charge on any atom is 0.322 e. The van der Waals surface area contributed by atoms with E-state index < -0.39 is 17.5 Å². The van der Waals surface area contributed by atoms with E-state index in [2.05, 4.69) is 16.0 Å². The lowest BCUT2D eigenvalue weighted by Gasteiger charge is -2.21. The average Bonchev–Trinajstić information content (AvgIpc) is 3.13. The highest BCUT2D eigenvalue weighted by molar-refractivity contribution is 7.12. The molecule has 124 valence electrons. The Bertz CT molecular complexity index is 813. The van der Waals surface area contributed by atoms with Gasteiger partial charge in [0.05, 0.1) is 4.88 Å². The summed E-state index contributed by atoms with van der Waals surface area (Å²) in [5, 5.41) is 9.59. The summed E-state index contributed by atoms with van der Waals surface area (Å²) in [6.07, 6.45) is 0.804. The monoisotopic (exact) mass is 343 g/mol. The van der Waals surface area contributed by atoms with Crippen molar-refractivity contribution in [3.63, 3.8) is 0 Å². The van der Waals surface area contributed by atoms with Crippen molar-refractivity contribution in [2.75, 3.05) is 5.32 Å². The van der Waals surface area contributed by atoms with E-state index in [0.717, 1.165) is 12.0 Å². The van der Waals surface area contributed by atoms with Crippen LogP contribution >= 0.6 is 11.3 Å². The van der Waals surface area contributed by atoms with Gasteiger partial charge in [0.1, 0.15) is 5.54 Å². The first-order valence-corrected chi connectivity index (χ1v) is 8.44. The van der Waals surface area contributed by atoms with Gasteiger partial charge in [-0.25, -0.2) is 4.79 Å². The number of carbonyl (C=O) groups is 3. The minimum atomic E-state index is -1.09. The van der Waals surface area contributed by atoms with Gasteiger partial charge < -0.3 is 10.6 Å². The first-order chi connectivity index (χ1) is 11.4. The molecular formula is C17H17N3O3S. The highest BCUT2D eigenvalue weighted by Crippen LogP contribution is 2.26. The number of hydrogen-bond donors (Lipinski definition) is 3. The van der Waals surface area contributed by atoms with Crippen LogP contribution in [0, 0.1) is 0 Å². The molecule has 2 aromatic rings. The second-order valence-corrected chi connectivity index (χ2v) is 6.61. The Labute approximate surface area is 143 Å². The lowest BCUT2D eigenvalue weighted by molar-refractivity contribution is -0.123. The topological polar surface area (TPSA) is 87.3 Å². The van der Waals surface area contributed by atoms with Crippen molar-refractivity contribution in [1.29, 1.82) is 0 Å². The van der Waals surface area contributed by atoms with E-state index in [1.807, 2.05) is 18.4 Å². The minimum absolute atomic E-state index is 0.146. The molecule has 24 heavy (non-hydrogen) atoms. The molecule has 1 aromatic carbocycles. The van der Waals surface area contributed by atoms with Gasteiger partial charge in [0.25, 0.3) is 11.8 Å². The Balaban J connectivity index is 1.77. The molecule has 1 aromatic heterocycles. The molecule has 1 aliphatic heterocycles. The zero-order valence-electron chi connectivity index (χ0n) is 13.3. The van der Waals surface area contributed by atoms with Crippen molar-refractivity contribution in [1.82, 2.24) is 10.6 Å². The van der Waals surface area contributed by atoms with Crippen LogP contribution in [0.4, 0.5) is 10.5 Å². The summed E-state index contributed by atoms with van der Waals surface area (Å²) >= 11 is 1.41. The molecular weight excluding hydrogens is 326 g/mol. The number of hydrogen-bond acceptors (Lipinski definition) is 4. The van der Waals surface area contributed by atoms with Crippen LogP contribution in [0.25, 0.3) is 0 Å². The number of nitrogens with one attached hydrogen (secondary N) is 3. The first kappa shape index (κ1) is 16.2. The van der Waals surface area contributed by atoms with E-state index in [0.29, 0.717) is 16.1 Å². The van der Waals surface area contributed by atoms with Crippen molar-refractivity contribution in [2.45, 2.75) is 25.8 Å². The zero-order chi connectivity index (χ0) is 17.3. The Morgan fingerprint density at radius 1 is 1.21 bits per heavy atom. The fourth-order valence-electron chi connectivity index (χ4n) is 2.63. The Hall–Kier alpha value is -2.67. The van der Waals surface area contributed by atoms with Crippen molar-refractivity contribution in [2.24, 2.45) is 0 Å². The molecule has 0 spiro atoms. The summed E-state index contributed by atoms with van der Waals surface area (Å²) < 4.78 is 0. The summed E-state index contributed by atoms with van der Waals surface area (Å²) in [7, 11) is 0. The predicted octanol–water partition coefficient (Wildman–Crippen LogP) is 2.62. The number of urea groups is 1. The quantitative estimate of drug-likeness (QED) is 0.746. The highest BCUT2D eigenvalue weighted by atomic mass is 32.1. The number of benzene rings is 1. The minimum Gasteiger partial charge on any atom is -0.321 e. The number of anilines is 1. The number of amides is 4. The van der Waals surface area contributed by atoms with E-state index in [1.54, 1.807) is 31.2 Å². The molecule has 6 nitrogen and oxygen atoms in total. The normalized spacial score (nSPS) is 19.8. The van der Waals surface area contributed by atoms with Gasteiger partial charge >= 0.3 is 6.03 Å². The Kier molecular flexibility index (Phi) is 4.11. The molecule has 1 saturated heterocycles. The van der Waals surface area contributed by atoms with Gasteiger partial charge in [-0.1, -0.05) is 19.1 Å². The van der Waals surface area contributed by atoms with Crippen LogP contribution in [0.1, 0.15) is 34.6 Å². The molecule has 0 radical (unpaired) electrons. The average molecular weight is 343 g/mol. The lowest BCUT2D eigenvalue weighted by Crippen LogP contribution is -2.40. The van der Waals surface area contributed by atoms with Gasteiger partial charge in [-0.15, -0.1) is 11.3 Å². The summed E-state index contributed by atoms with van der Waals surface area (Å²) in [5.41, 5.74) is 1.21. The molecule has 7 heteroatoms. The van der Waals surface area contributed by atoms with Crippen molar-refractivity contribution < 1.29 is 14.4 Å². The van der Waals surface area contributed by atoms with E-state index in [9.17, 15) is 14.4 Å². The van der Waals surface area contributed by atoms with Gasteiger partial charge in [0, 0.05) is 5.69 Å². The number of carbonyl (C=O) groups excluding carboxylic acids is 3. The maximum atomic E-state index is 12.3. The van der Waals surface area contributed by atoms with E-state index in [4.69, 9.17) is 0 Å². The number of rotatable bonds is 4. The molecule has 0 saturated carbocycles. The lowest BCUT2D eigenvalue weighted by atomic mass is 9.92. The van der Waals surface area contributed by atoms with Crippen LogP contribution in [0.5, 0.6) is 0 Å². The van der Waals surface area contributed by atoms with Crippen molar-refractivity contribution in [3.05, 3.63) is 51.7 Å². The predicted molar refractivity (Wildman–Crippen MR) is 92.1 cm³/mol. The molecule has 0 aliphatic carbocycles. The van der Waals surface area contributed by atoms with Crippen molar-refractivity contribution >= 4 is 34.9 Å². The zero-order valence-corrected chi connectivity index (χ0v) is 14.1. The molecule has 1 fully saturated rings. The summed E-state index contributed by atoms with van der Waals surface area (Å²) in [6.45, 7) is 3.65. The number of thiophene rings is 1. The summed E-state index contributed by atoms with van der Waals surface area (Å²) in [6, 6.07) is 8.31. The Morgan fingerprint density at radius 3 is 2.50 bits per heavy atom. The van der Waals surface area contributed by atoms with Crippen LogP contribution in [0.2, 0.25) is 0 Å². The molecule has 0 bridgehead atoms. The smallest absolute Gasteiger partial charge is 0.321 e. The largest absolute Gasteiger partial charge is 0.322 e. The molecule has 2 heterocycles. The molecule has 0 unspecified atom stereocenters. The highest BCUT2D eigenvalue weighted by Gasteiger charge is 2.43. The summed E-state index contributed by atoms with van der Waals surface area (Å²) in [4.78, 5) is 36.3. The molecule has 1 aliphatic rings. The third kappa shape index (κ3) is 2.78. The second kappa shape index (κ2) is 6.09. The van der Waals surface area contributed by atoms with Crippen LogP contribution in [-0.2, 0) is 16.8 Å².